The van der Waals surface area contributed by atoms with Crippen LogP contribution in [0.2, 0.25) is 19.6 Å². The summed E-state index contributed by atoms with van der Waals surface area (Å²) in [7, 11) is -1.58. The maximum absolute atomic E-state index is 14.0. The Balaban J connectivity index is 2.99. The second-order valence-electron chi connectivity index (χ2n) is 7.22. The Morgan fingerprint density at radius 3 is 2.48 bits per heavy atom. The number of anilines is 1. The number of carbonyl (C=O) groups is 1. The second kappa shape index (κ2) is 7.05. The van der Waals surface area contributed by atoms with Crippen LogP contribution in [0.4, 0.5) is 14.9 Å². The van der Waals surface area contributed by atoms with Gasteiger partial charge in [0.1, 0.15) is 19.5 Å². The summed E-state index contributed by atoms with van der Waals surface area (Å²) in [5, 5.41) is 0. The summed E-state index contributed by atoms with van der Waals surface area (Å²) in [6.45, 7) is 9.86. The number of benzene rings is 1. The van der Waals surface area contributed by atoms with E-state index in [1.165, 1.54) is 6.07 Å². The summed E-state index contributed by atoms with van der Waals surface area (Å²) >= 11 is 0. The molecule has 0 atom stereocenters. The van der Waals surface area contributed by atoms with E-state index in [1.54, 1.807) is 19.9 Å². The molecule has 0 unspecified atom stereocenters. The van der Waals surface area contributed by atoms with Crippen molar-refractivity contribution in [1.29, 1.82) is 0 Å². The Labute approximate surface area is 138 Å². The lowest BCUT2D eigenvalue weighted by molar-refractivity contribution is 0.0394. The van der Waals surface area contributed by atoms with Crippen LogP contribution in [0.15, 0.2) is 12.1 Å². The predicted octanol–water partition coefficient (Wildman–Crippen LogP) is 3.44. The number of carbonyl (C=O) groups excluding carboxylic acids is 1. The van der Waals surface area contributed by atoms with Crippen molar-refractivity contribution in [3.8, 4) is 11.5 Å². The highest BCUT2D eigenvalue weighted by Crippen LogP contribution is 2.23. The van der Waals surface area contributed by atoms with Gasteiger partial charge in [-0.05, 0) is 44.4 Å². The van der Waals surface area contributed by atoms with Crippen LogP contribution >= 0.6 is 0 Å². The zero-order valence-corrected chi connectivity index (χ0v) is 15.4. The van der Waals surface area contributed by atoms with Crippen LogP contribution in [0.1, 0.15) is 31.4 Å². The van der Waals surface area contributed by atoms with Crippen molar-refractivity contribution < 1.29 is 13.9 Å². The normalized spacial score (nSPS) is 11.6. The van der Waals surface area contributed by atoms with E-state index in [9.17, 15) is 9.18 Å². The van der Waals surface area contributed by atoms with Crippen molar-refractivity contribution in [2.75, 3.05) is 5.73 Å². The van der Waals surface area contributed by atoms with Gasteiger partial charge in [-0.2, -0.15) is 0 Å². The highest BCUT2D eigenvalue weighted by atomic mass is 28.3. The lowest BCUT2D eigenvalue weighted by atomic mass is 9.97. The Morgan fingerprint density at radius 1 is 1.35 bits per heavy atom. The standard InChI is InChI=1S/C17H25FN2O2Si/c1-17(2,22-16(20)21)8-6-12-10-13(7-9-23(3,4)5)15(19)14(18)11-12/h10-11H,6,8,19H2,1-5H3,(H2,20,21). The molecule has 1 amide bonds. The largest absolute Gasteiger partial charge is 0.444 e. The van der Waals surface area contributed by atoms with E-state index in [1.807, 2.05) is 0 Å². The third kappa shape index (κ3) is 6.74. The van der Waals surface area contributed by atoms with Crippen molar-refractivity contribution >= 4 is 19.9 Å². The number of ether oxygens (including phenoxy) is 1. The number of halogens is 1. The molecule has 1 aromatic rings. The third-order valence-corrected chi connectivity index (χ3v) is 4.03. The van der Waals surface area contributed by atoms with Gasteiger partial charge in [-0.15, -0.1) is 5.54 Å². The number of rotatable bonds is 4. The Hall–Kier alpha value is -2.00. The molecule has 4 nitrogen and oxygen atoms in total. The van der Waals surface area contributed by atoms with E-state index < -0.39 is 25.6 Å². The second-order valence-corrected chi connectivity index (χ2v) is 12.0. The molecule has 0 aliphatic carbocycles. The lowest BCUT2D eigenvalue weighted by Crippen LogP contribution is -2.31. The minimum absolute atomic E-state index is 0.0761. The molecule has 1 rings (SSSR count). The molecule has 0 fully saturated rings. The maximum Gasteiger partial charge on any atom is 0.405 e. The van der Waals surface area contributed by atoms with E-state index in [0.717, 1.165) is 5.56 Å². The summed E-state index contributed by atoms with van der Waals surface area (Å²) in [5.41, 5.74) is 14.6. The van der Waals surface area contributed by atoms with Gasteiger partial charge in [0, 0.05) is 0 Å². The molecular formula is C17H25FN2O2Si. The molecule has 6 heteroatoms. The highest BCUT2D eigenvalue weighted by molar-refractivity contribution is 6.83. The molecule has 0 heterocycles. The number of primary amides is 1. The van der Waals surface area contributed by atoms with Crippen molar-refractivity contribution in [2.24, 2.45) is 5.73 Å². The molecule has 0 saturated heterocycles. The first-order valence-corrected chi connectivity index (χ1v) is 11.0. The van der Waals surface area contributed by atoms with Gasteiger partial charge in [0.25, 0.3) is 0 Å². The first kappa shape index (κ1) is 19.0. The molecule has 126 valence electrons. The van der Waals surface area contributed by atoms with Crippen LogP contribution in [0.25, 0.3) is 0 Å². The summed E-state index contributed by atoms with van der Waals surface area (Å²) in [5.74, 6) is 2.53. The van der Waals surface area contributed by atoms with E-state index >= 15 is 0 Å². The molecule has 0 spiro atoms. The number of amides is 1. The summed E-state index contributed by atoms with van der Waals surface area (Å²) in [6, 6.07) is 3.20. The van der Waals surface area contributed by atoms with Gasteiger partial charge in [0.05, 0.1) is 11.3 Å². The van der Waals surface area contributed by atoms with Crippen molar-refractivity contribution in [1.82, 2.24) is 0 Å². The fourth-order valence-electron chi connectivity index (χ4n) is 1.95. The third-order valence-electron chi connectivity index (χ3n) is 3.15. The Morgan fingerprint density at radius 2 is 1.96 bits per heavy atom. The molecule has 23 heavy (non-hydrogen) atoms. The number of nitrogen functional groups attached to an aromatic ring is 1. The van der Waals surface area contributed by atoms with Gasteiger partial charge in [0.2, 0.25) is 0 Å². The lowest BCUT2D eigenvalue weighted by Gasteiger charge is -2.24. The van der Waals surface area contributed by atoms with Gasteiger partial charge in [-0.1, -0.05) is 25.6 Å². The molecule has 1 aromatic carbocycles. The van der Waals surface area contributed by atoms with E-state index in [4.69, 9.17) is 16.2 Å². The molecule has 0 bridgehead atoms. The van der Waals surface area contributed by atoms with Crippen molar-refractivity contribution in [2.45, 2.75) is 51.9 Å². The minimum atomic E-state index is -1.58. The molecule has 0 aliphatic heterocycles. The smallest absolute Gasteiger partial charge is 0.405 e. The first-order valence-electron chi connectivity index (χ1n) is 7.49. The van der Waals surface area contributed by atoms with Crippen LogP contribution in [0.5, 0.6) is 0 Å². The van der Waals surface area contributed by atoms with Gasteiger partial charge in [-0.3, -0.25) is 0 Å². The Bertz CT molecular complexity index is 655. The minimum Gasteiger partial charge on any atom is -0.444 e. The van der Waals surface area contributed by atoms with Gasteiger partial charge >= 0.3 is 6.09 Å². The zero-order chi connectivity index (χ0) is 17.8. The number of hydrogen-bond donors (Lipinski definition) is 2. The molecule has 4 N–H and O–H groups in total. The maximum atomic E-state index is 14.0. The SMILES string of the molecule is CC(C)(CCc1cc(F)c(N)c(C#C[Si](C)(C)C)c1)OC(N)=O. The van der Waals surface area contributed by atoms with Crippen LogP contribution in [0, 0.1) is 17.3 Å². The summed E-state index contributed by atoms with van der Waals surface area (Å²) in [4.78, 5) is 10.9. The number of hydrogen-bond acceptors (Lipinski definition) is 3. The van der Waals surface area contributed by atoms with Gasteiger partial charge < -0.3 is 16.2 Å². The van der Waals surface area contributed by atoms with Crippen LogP contribution in [-0.4, -0.2) is 19.8 Å². The van der Waals surface area contributed by atoms with Crippen LogP contribution in [0.3, 0.4) is 0 Å². The van der Waals surface area contributed by atoms with Crippen LogP contribution in [-0.2, 0) is 11.2 Å². The van der Waals surface area contributed by atoms with E-state index in [0.29, 0.717) is 18.4 Å². The average Bonchev–Trinajstić information content (AvgIpc) is 2.36. The summed E-state index contributed by atoms with van der Waals surface area (Å²) < 4.78 is 19.0. The number of nitrogens with two attached hydrogens (primary N) is 2. The molecular weight excluding hydrogens is 311 g/mol. The molecule has 0 aromatic heterocycles. The quantitative estimate of drug-likeness (QED) is 0.502. The van der Waals surface area contributed by atoms with E-state index in [2.05, 4.69) is 31.1 Å². The van der Waals surface area contributed by atoms with Gasteiger partial charge in [0.15, 0.2) is 0 Å². The topological polar surface area (TPSA) is 78.3 Å². The fraction of sp³-hybridized carbons (Fsp3) is 0.471. The first-order chi connectivity index (χ1) is 10.4. The molecule has 0 radical (unpaired) electrons. The summed E-state index contributed by atoms with van der Waals surface area (Å²) in [6.07, 6.45) is 0.222. The average molecular weight is 336 g/mol. The van der Waals surface area contributed by atoms with Crippen molar-refractivity contribution in [3.63, 3.8) is 0 Å². The molecule has 0 aliphatic rings. The zero-order valence-electron chi connectivity index (χ0n) is 14.4. The van der Waals surface area contributed by atoms with Gasteiger partial charge in [-0.25, -0.2) is 9.18 Å². The number of aryl methyl sites for hydroxylation is 1. The predicted molar refractivity (Wildman–Crippen MR) is 94.1 cm³/mol. The molecule has 0 saturated carbocycles. The fourth-order valence-corrected chi connectivity index (χ4v) is 2.45. The van der Waals surface area contributed by atoms with Crippen LogP contribution < -0.4 is 11.5 Å². The monoisotopic (exact) mass is 336 g/mol. The van der Waals surface area contributed by atoms with E-state index in [-0.39, 0.29) is 5.69 Å². The Kier molecular flexibility index (Phi) is 5.84. The van der Waals surface area contributed by atoms with Crippen molar-refractivity contribution in [3.05, 3.63) is 29.1 Å². The highest BCUT2D eigenvalue weighted by Gasteiger charge is 2.21.